The molecule has 1 aromatic carbocycles. The van der Waals surface area contributed by atoms with Crippen LogP contribution in [-0.2, 0) is 4.79 Å². The molecular formula is C15H19NO2. The first-order valence-electron chi connectivity index (χ1n) is 6.63. The van der Waals surface area contributed by atoms with E-state index in [1.165, 1.54) is 11.3 Å². The molecule has 2 aliphatic heterocycles. The van der Waals surface area contributed by atoms with E-state index in [0.29, 0.717) is 30.7 Å². The number of methoxy groups -OCH3 is 1. The van der Waals surface area contributed by atoms with Crippen LogP contribution in [0.4, 0.5) is 5.69 Å². The minimum Gasteiger partial charge on any atom is -0.497 e. The third kappa shape index (κ3) is 1.78. The number of hydrogen-bond donors (Lipinski definition) is 0. The maximum absolute atomic E-state index is 11.7. The molecule has 2 fully saturated rings. The summed E-state index contributed by atoms with van der Waals surface area (Å²) in [5.74, 6) is 1.33. The Kier molecular flexibility index (Phi) is 2.77. The first kappa shape index (κ1) is 11.6. The van der Waals surface area contributed by atoms with Gasteiger partial charge in [-0.3, -0.25) is 4.79 Å². The number of hydrogen-bond acceptors (Lipinski definition) is 3. The second kappa shape index (κ2) is 4.30. The number of carbonyl (C=O) groups excluding carboxylic acids is 1. The normalized spacial score (nSPS) is 26.6. The van der Waals surface area contributed by atoms with Crippen LogP contribution in [0.1, 0.15) is 31.2 Å². The second-order valence-electron chi connectivity index (χ2n) is 5.39. The summed E-state index contributed by atoms with van der Waals surface area (Å²) in [7, 11) is 1.70. The van der Waals surface area contributed by atoms with Gasteiger partial charge in [-0.2, -0.15) is 0 Å². The van der Waals surface area contributed by atoms with Crippen LogP contribution in [0.5, 0.6) is 5.75 Å². The summed E-state index contributed by atoms with van der Waals surface area (Å²) in [6, 6.07) is 7.01. The van der Waals surface area contributed by atoms with Gasteiger partial charge in [-0.15, -0.1) is 0 Å². The zero-order chi connectivity index (χ0) is 12.7. The number of fused-ring (bicyclic) bond motifs is 2. The predicted octanol–water partition coefficient (Wildman–Crippen LogP) is 2.70. The summed E-state index contributed by atoms with van der Waals surface area (Å²) < 4.78 is 5.32. The van der Waals surface area contributed by atoms with E-state index in [9.17, 15) is 4.79 Å². The molecule has 0 radical (unpaired) electrons. The molecule has 3 nitrogen and oxygen atoms in total. The monoisotopic (exact) mass is 245 g/mol. The minimum atomic E-state index is 0.405. The Morgan fingerprint density at radius 3 is 2.50 bits per heavy atom. The highest BCUT2D eigenvalue weighted by atomic mass is 16.5. The fraction of sp³-hybridized carbons (Fsp3) is 0.533. The van der Waals surface area contributed by atoms with E-state index in [-0.39, 0.29) is 0 Å². The van der Waals surface area contributed by atoms with Gasteiger partial charge >= 0.3 is 0 Å². The smallest absolute Gasteiger partial charge is 0.137 e. The van der Waals surface area contributed by atoms with Crippen LogP contribution in [0.2, 0.25) is 0 Å². The highest BCUT2D eigenvalue weighted by molar-refractivity contribution is 5.83. The number of benzene rings is 1. The Labute approximate surface area is 108 Å². The third-order valence-corrected chi connectivity index (χ3v) is 4.24. The van der Waals surface area contributed by atoms with Gasteiger partial charge in [0.2, 0.25) is 0 Å². The number of nitrogens with zero attached hydrogens (tertiary/aromatic N) is 1. The summed E-state index contributed by atoms with van der Waals surface area (Å²) in [5.41, 5.74) is 2.51. The Morgan fingerprint density at radius 1 is 1.22 bits per heavy atom. The zero-order valence-electron chi connectivity index (χ0n) is 11.0. The lowest BCUT2D eigenvalue weighted by Crippen LogP contribution is -2.43. The van der Waals surface area contributed by atoms with E-state index < -0.39 is 0 Å². The van der Waals surface area contributed by atoms with Gasteiger partial charge in [0.25, 0.3) is 0 Å². The molecule has 0 N–H and O–H groups in total. The molecule has 18 heavy (non-hydrogen) atoms. The van der Waals surface area contributed by atoms with Crippen LogP contribution in [-0.4, -0.2) is 25.0 Å². The summed E-state index contributed by atoms with van der Waals surface area (Å²) in [6.07, 6.45) is 3.72. The van der Waals surface area contributed by atoms with Gasteiger partial charge in [0.05, 0.1) is 7.11 Å². The van der Waals surface area contributed by atoms with E-state index in [0.717, 1.165) is 18.6 Å². The van der Waals surface area contributed by atoms with E-state index >= 15 is 0 Å². The molecule has 2 aliphatic rings. The molecule has 0 amide bonds. The van der Waals surface area contributed by atoms with Crippen molar-refractivity contribution in [3.8, 4) is 5.75 Å². The lowest BCUT2D eigenvalue weighted by molar-refractivity contribution is -0.120. The average molecular weight is 245 g/mol. The summed E-state index contributed by atoms with van der Waals surface area (Å²) in [5, 5.41) is 0. The van der Waals surface area contributed by atoms with Crippen molar-refractivity contribution in [1.29, 1.82) is 0 Å². The lowest BCUT2D eigenvalue weighted by Gasteiger charge is -2.37. The first-order valence-corrected chi connectivity index (χ1v) is 6.63. The topological polar surface area (TPSA) is 29.5 Å². The molecular weight excluding hydrogens is 226 g/mol. The predicted molar refractivity (Wildman–Crippen MR) is 71.3 cm³/mol. The van der Waals surface area contributed by atoms with Crippen molar-refractivity contribution in [1.82, 2.24) is 0 Å². The zero-order valence-corrected chi connectivity index (χ0v) is 11.0. The number of aryl methyl sites for hydroxylation is 1. The number of rotatable bonds is 2. The second-order valence-corrected chi connectivity index (χ2v) is 5.39. The third-order valence-electron chi connectivity index (χ3n) is 4.24. The Morgan fingerprint density at radius 2 is 1.89 bits per heavy atom. The molecule has 96 valence electrons. The molecule has 2 heterocycles. The van der Waals surface area contributed by atoms with Crippen LogP contribution in [0.15, 0.2) is 18.2 Å². The van der Waals surface area contributed by atoms with E-state index in [1.807, 2.05) is 6.07 Å². The van der Waals surface area contributed by atoms with Crippen molar-refractivity contribution in [2.24, 2.45) is 0 Å². The maximum Gasteiger partial charge on any atom is 0.137 e. The number of Topliss-reactive ketones (excluding diaryl/α,β-unsaturated/α-hetero) is 1. The van der Waals surface area contributed by atoms with E-state index in [4.69, 9.17) is 4.74 Å². The van der Waals surface area contributed by atoms with Crippen LogP contribution < -0.4 is 9.64 Å². The number of carbonyl (C=O) groups is 1. The van der Waals surface area contributed by atoms with Crippen LogP contribution in [0, 0.1) is 6.92 Å². The fourth-order valence-corrected chi connectivity index (χ4v) is 3.36. The Balaban J connectivity index is 1.98. The van der Waals surface area contributed by atoms with Crippen molar-refractivity contribution < 1.29 is 9.53 Å². The Bertz CT molecular complexity index is 467. The quantitative estimate of drug-likeness (QED) is 0.802. The maximum atomic E-state index is 11.7. The van der Waals surface area contributed by atoms with Crippen LogP contribution in [0.25, 0.3) is 0 Å². The standard InChI is InChI=1S/C15H19NO2/c1-10-3-6-14(18-2)9-15(10)16-11-4-5-12(16)8-13(17)7-11/h3,6,9,11-12H,4-5,7-8H2,1-2H3. The molecule has 0 spiro atoms. The van der Waals surface area contributed by atoms with E-state index in [2.05, 4.69) is 24.0 Å². The number of piperidine rings is 1. The molecule has 3 heteroatoms. The van der Waals surface area contributed by atoms with Gasteiger partial charge in [0.1, 0.15) is 11.5 Å². The van der Waals surface area contributed by atoms with Gasteiger partial charge in [-0.25, -0.2) is 0 Å². The van der Waals surface area contributed by atoms with Gasteiger partial charge < -0.3 is 9.64 Å². The molecule has 2 unspecified atom stereocenters. The summed E-state index contributed by atoms with van der Waals surface area (Å²) in [4.78, 5) is 14.1. The van der Waals surface area contributed by atoms with Gasteiger partial charge in [-0.1, -0.05) is 6.07 Å². The molecule has 0 saturated carbocycles. The van der Waals surface area contributed by atoms with Crippen LogP contribution in [0.3, 0.4) is 0 Å². The van der Waals surface area contributed by atoms with Gasteiger partial charge in [0, 0.05) is 36.7 Å². The highest BCUT2D eigenvalue weighted by Gasteiger charge is 2.40. The molecule has 1 aromatic rings. The highest BCUT2D eigenvalue weighted by Crippen LogP contribution is 2.40. The van der Waals surface area contributed by atoms with Gasteiger partial charge in [0.15, 0.2) is 0 Å². The lowest BCUT2D eigenvalue weighted by atomic mass is 9.99. The Hall–Kier alpha value is -1.51. The minimum absolute atomic E-state index is 0.405. The van der Waals surface area contributed by atoms with Crippen molar-refractivity contribution in [3.63, 3.8) is 0 Å². The summed E-state index contributed by atoms with van der Waals surface area (Å²) in [6.45, 7) is 2.13. The average Bonchev–Trinajstić information content (AvgIpc) is 2.63. The van der Waals surface area contributed by atoms with Crippen LogP contribution >= 0.6 is 0 Å². The van der Waals surface area contributed by atoms with E-state index in [1.54, 1.807) is 7.11 Å². The van der Waals surface area contributed by atoms with Crippen molar-refractivity contribution in [2.75, 3.05) is 12.0 Å². The SMILES string of the molecule is COc1ccc(C)c(N2C3CCC2CC(=O)C3)c1. The fourth-order valence-electron chi connectivity index (χ4n) is 3.36. The molecule has 0 aliphatic carbocycles. The number of anilines is 1. The molecule has 2 bridgehead atoms. The number of ether oxygens (including phenoxy) is 1. The number of ketones is 1. The van der Waals surface area contributed by atoms with Crippen molar-refractivity contribution in [2.45, 2.75) is 44.7 Å². The van der Waals surface area contributed by atoms with Crippen molar-refractivity contribution >= 4 is 11.5 Å². The largest absolute Gasteiger partial charge is 0.497 e. The molecule has 2 saturated heterocycles. The van der Waals surface area contributed by atoms with Crippen molar-refractivity contribution in [3.05, 3.63) is 23.8 Å². The molecule has 3 rings (SSSR count). The van der Waals surface area contributed by atoms with Gasteiger partial charge in [-0.05, 0) is 31.4 Å². The molecule has 0 aromatic heterocycles. The first-order chi connectivity index (χ1) is 8.69. The summed E-state index contributed by atoms with van der Waals surface area (Å²) >= 11 is 0. The molecule has 2 atom stereocenters.